The van der Waals surface area contributed by atoms with Crippen molar-refractivity contribution in [2.45, 2.75) is 32.2 Å². The third kappa shape index (κ3) is 5.60. The van der Waals surface area contributed by atoms with E-state index in [0.29, 0.717) is 0 Å². The summed E-state index contributed by atoms with van der Waals surface area (Å²) in [6, 6.07) is 15.2. The molecule has 3 rings (SSSR count). The zero-order chi connectivity index (χ0) is 24.0. The second kappa shape index (κ2) is 11.1. The van der Waals surface area contributed by atoms with Gasteiger partial charge >= 0.3 is 12.1 Å². The number of rotatable bonds is 10. The lowest BCUT2D eigenvalue weighted by molar-refractivity contribution is -0.149. The lowest BCUT2D eigenvalue weighted by atomic mass is 9.89. The lowest BCUT2D eigenvalue weighted by Crippen LogP contribution is -2.45. The summed E-state index contributed by atoms with van der Waals surface area (Å²) in [6.45, 7) is 3.82. The molecule has 1 amide bonds. The van der Waals surface area contributed by atoms with Crippen molar-refractivity contribution in [1.82, 2.24) is 5.32 Å². The van der Waals surface area contributed by atoms with Crippen LogP contribution in [0, 0.1) is 11.8 Å². The van der Waals surface area contributed by atoms with E-state index in [0.717, 1.165) is 22.3 Å². The molecule has 0 aromatic heterocycles. The Labute approximate surface area is 194 Å². The predicted octanol–water partition coefficient (Wildman–Crippen LogP) is 3.94. The van der Waals surface area contributed by atoms with Crippen LogP contribution in [0.15, 0.2) is 48.5 Å². The molecule has 0 aliphatic heterocycles. The number of ether oxygens (including phenoxy) is 3. The Kier molecular flexibility index (Phi) is 8.22. The highest BCUT2D eigenvalue weighted by molar-refractivity contribution is 5.90. The van der Waals surface area contributed by atoms with E-state index in [4.69, 9.17) is 14.2 Å². The zero-order valence-corrected chi connectivity index (χ0v) is 19.5. The molecule has 0 spiro atoms. The molecular weight excluding hydrogens is 422 g/mol. The highest BCUT2D eigenvalue weighted by Crippen LogP contribution is 2.44. The van der Waals surface area contributed by atoms with Gasteiger partial charge in [-0.2, -0.15) is 0 Å². The molecule has 0 saturated heterocycles. The van der Waals surface area contributed by atoms with Crippen molar-refractivity contribution >= 4 is 17.8 Å². The van der Waals surface area contributed by atoms with E-state index in [1.807, 2.05) is 50.2 Å². The van der Waals surface area contributed by atoms with Crippen LogP contribution in [0.1, 0.15) is 37.3 Å². The van der Waals surface area contributed by atoms with Crippen LogP contribution >= 0.6 is 0 Å². The minimum atomic E-state index is -0.920. The van der Waals surface area contributed by atoms with Crippen molar-refractivity contribution in [2.24, 2.45) is 11.8 Å². The summed E-state index contributed by atoms with van der Waals surface area (Å²) in [4.78, 5) is 37.4. The van der Waals surface area contributed by atoms with Crippen molar-refractivity contribution in [1.29, 1.82) is 0 Å². The molecular formula is C26H31NO6. The molecule has 7 nitrogen and oxygen atoms in total. The van der Waals surface area contributed by atoms with Gasteiger partial charge in [0.2, 0.25) is 0 Å². The Bertz CT molecular complexity index is 956. The average Bonchev–Trinajstić information content (AvgIpc) is 3.13. The van der Waals surface area contributed by atoms with Crippen LogP contribution in [0.25, 0.3) is 11.1 Å². The smallest absolute Gasteiger partial charge is 0.407 e. The Morgan fingerprint density at radius 3 is 2.03 bits per heavy atom. The van der Waals surface area contributed by atoms with E-state index in [1.54, 1.807) is 0 Å². The molecule has 2 atom stereocenters. The van der Waals surface area contributed by atoms with Crippen LogP contribution in [-0.4, -0.2) is 51.3 Å². The number of carbonyl (C=O) groups is 3. The normalized spacial score (nSPS) is 14.2. The number of benzene rings is 2. The Morgan fingerprint density at radius 2 is 1.52 bits per heavy atom. The molecule has 0 bridgehead atoms. The van der Waals surface area contributed by atoms with Crippen LogP contribution in [0.3, 0.4) is 0 Å². The van der Waals surface area contributed by atoms with Crippen LogP contribution in [0.5, 0.6) is 0 Å². The van der Waals surface area contributed by atoms with Gasteiger partial charge in [0.15, 0.2) is 5.78 Å². The Balaban J connectivity index is 1.65. The fourth-order valence-electron chi connectivity index (χ4n) is 4.27. The standard InChI is InChI=1S/C26H31NO6/c1-16(2)21(25(29)32-4)13-24(28)23(15-31-3)27-26(30)33-14-22-19-11-7-5-9-17(19)18-10-6-8-12-20(18)22/h5-12,16,21-23H,13-15H2,1-4H3,(H,27,30)/t21-,23-/m0/s1. The number of hydrogen-bond acceptors (Lipinski definition) is 6. The zero-order valence-electron chi connectivity index (χ0n) is 19.5. The van der Waals surface area contributed by atoms with Crippen LogP contribution in [0.2, 0.25) is 0 Å². The molecule has 33 heavy (non-hydrogen) atoms. The summed E-state index contributed by atoms with van der Waals surface area (Å²) in [6.07, 6.45) is -0.756. The third-order valence-corrected chi connectivity index (χ3v) is 6.09. The fraction of sp³-hybridized carbons (Fsp3) is 0.423. The number of ketones is 1. The predicted molar refractivity (Wildman–Crippen MR) is 124 cm³/mol. The molecule has 0 saturated carbocycles. The largest absolute Gasteiger partial charge is 0.469 e. The van der Waals surface area contributed by atoms with Crippen molar-refractivity contribution < 1.29 is 28.6 Å². The first-order valence-electron chi connectivity index (χ1n) is 11.1. The van der Waals surface area contributed by atoms with Gasteiger partial charge in [-0.3, -0.25) is 9.59 Å². The fourth-order valence-corrected chi connectivity index (χ4v) is 4.27. The van der Waals surface area contributed by atoms with Gasteiger partial charge in [-0.05, 0) is 28.2 Å². The molecule has 2 aromatic rings. The maximum atomic E-state index is 12.8. The minimum Gasteiger partial charge on any atom is -0.469 e. The first kappa shape index (κ1) is 24.5. The summed E-state index contributed by atoms with van der Waals surface area (Å²) >= 11 is 0. The van der Waals surface area contributed by atoms with E-state index in [1.165, 1.54) is 14.2 Å². The molecule has 0 heterocycles. The molecule has 7 heteroatoms. The molecule has 0 fully saturated rings. The quantitative estimate of drug-likeness (QED) is 0.548. The summed E-state index contributed by atoms with van der Waals surface area (Å²) in [5.41, 5.74) is 4.48. The summed E-state index contributed by atoms with van der Waals surface area (Å²) in [5, 5.41) is 2.60. The maximum Gasteiger partial charge on any atom is 0.407 e. The van der Waals surface area contributed by atoms with Gasteiger partial charge in [0.25, 0.3) is 0 Å². The van der Waals surface area contributed by atoms with Gasteiger partial charge in [-0.1, -0.05) is 62.4 Å². The number of methoxy groups -OCH3 is 2. The van der Waals surface area contributed by atoms with Crippen molar-refractivity contribution in [3.05, 3.63) is 59.7 Å². The number of fused-ring (bicyclic) bond motifs is 3. The van der Waals surface area contributed by atoms with Gasteiger partial charge in [-0.25, -0.2) is 4.79 Å². The van der Waals surface area contributed by atoms with Crippen LogP contribution in [-0.2, 0) is 23.8 Å². The number of alkyl carbamates (subject to hydrolysis) is 1. The number of esters is 1. The topological polar surface area (TPSA) is 90.9 Å². The van der Waals surface area contributed by atoms with Gasteiger partial charge in [0, 0.05) is 19.4 Å². The first-order chi connectivity index (χ1) is 15.9. The monoisotopic (exact) mass is 453 g/mol. The molecule has 1 aliphatic rings. The lowest BCUT2D eigenvalue weighted by Gasteiger charge is -2.22. The van der Waals surface area contributed by atoms with Gasteiger partial charge in [0.1, 0.15) is 12.6 Å². The van der Waals surface area contributed by atoms with Crippen molar-refractivity contribution in [2.75, 3.05) is 27.4 Å². The second-order valence-electron chi connectivity index (χ2n) is 8.52. The molecule has 1 aliphatic carbocycles. The number of amides is 1. The second-order valence-corrected chi connectivity index (χ2v) is 8.52. The van der Waals surface area contributed by atoms with Gasteiger partial charge in [0.05, 0.1) is 19.6 Å². The number of nitrogens with one attached hydrogen (secondary N) is 1. The van der Waals surface area contributed by atoms with E-state index in [-0.39, 0.29) is 37.3 Å². The highest BCUT2D eigenvalue weighted by Gasteiger charge is 2.32. The van der Waals surface area contributed by atoms with Crippen LogP contribution < -0.4 is 5.32 Å². The molecule has 176 valence electrons. The molecule has 2 aromatic carbocycles. The Morgan fingerprint density at radius 1 is 0.939 bits per heavy atom. The van der Waals surface area contributed by atoms with E-state index in [2.05, 4.69) is 17.4 Å². The number of carbonyl (C=O) groups excluding carboxylic acids is 3. The summed E-state index contributed by atoms with van der Waals surface area (Å²) < 4.78 is 15.5. The molecule has 1 N–H and O–H groups in total. The third-order valence-electron chi connectivity index (χ3n) is 6.09. The van der Waals surface area contributed by atoms with Gasteiger partial charge in [-0.15, -0.1) is 0 Å². The molecule has 0 unspecified atom stereocenters. The van der Waals surface area contributed by atoms with E-state index < -0.39 is 24.0 Å². The van der Waals surface area contributed by atoms with Crippen molar-refractivity contribution in [3.63, 3.8) is 0 Å². The number of hydrogen-bond donors (Lipinski definition) is 1. The van der Waals surface area contributed by atoms with E-state index in [9.17, 15) is 14.4 Å². The average molecular weight is 454 g/mol. The summed E-state index contributed by atoms with van der Waals surface area (Å²) in [5.74, 6) is -1.51. The maximum absolute atomic E-state index is 12.8. The minimum absolute atomic E-state index is 0.0188. The Hall–Kier alpha value is -3.19. The van der Waals surface area contributed by atoms with Crippen LogP contribution in [0.4, 0.5) is 4.79 Å². The highest BCUT2D eigenvalue weighted by atomic mass is 16.5. The SMILES string of the molecule is COC[C@H](NC(=O)OCC1c2ccccc2-c2ccccc21)C(=O)C[C@H](C(=O)OC)C(C)C. The van der Waals surface area contributed by atoms with Gasteiger partial charge < -0.3 is 19.5 Å². The van der Waals surface area contributed by atoms with Crippen molar-refractivity contribution in [3.8, 4) is 11.1 Å². The van der Waals surface area contributed by atoms with E-state index >= 15 is 0 Å². The number of Topliss-reactive ketones (excluding diaryl/α,β-unsaturated/α-hetero) is 1. The first-order valence-corrected chi connectivity index (χ1v) is 11.1. The molecule has 0 radical (unpaired) electrons. The summed E-state index contributed by atoms with van der Waals surface area (Å²) in [7, 11) is 2.74.